The molecule has 0 aromatic carbocycles. The number of hydrogen-bond donors (Lipinski definition) is 4. The summed E-state index contributed by atoms with van der Waals surface area (Å²) in [7, 11) is 0. The molecule has 0 radical (unpaired) electrons. The summed E-state index contributed by atoms with van der Waals surface area (Å²) in [5.41, 5.74) is 5.30. The second-order valence-electron chi connectivity index (χ2n) is 6.30. The van der Waals surface area contributed by atoms with Gasteiger partial charge in [-0.1, -0.05) is 58.3 Å². The maximum atomic E-state index is 10.2. The lowest BCUT2D eigenvalue weighted by atomic mass is 10.1. The molecule has 0 saturated carbocycles. The van der Waals surface area contributed by atoms with Crippen molar-refractivity contribution in [2.24, 2.45) is 5.73 Å². The summed E-state index contributed by atoms with van der Waals surface area (Å²) in [5, 5.41) is 20.0. The Morgan fingerprint density at radius 3 is 1.88 bits per heavy atom. The molecule has 0 atom stereocenters. The fraction of sp³-hybridized carbons (Fsp3) is 0.947. The second kappa shape index (κ2) is 24.6. The summed E-state index contributed by atoms with van der Waals surface area (Å²) >= 11 is 0. The Labute approximate surface area is 149 Å². The van der Waals surface area contributed by atoms with Gasteiger partial charge in [-0.3, -0.25) is 4.79 Å². The van der Waals surface area contributed by atoms with Gasteiger partial charge in [-0.15, -0.1) is 0 Å². The predicted octanol–water partition coefficient (Wildman–Crippen LogP) is 3.69. The van der Waals surface area contributed by atoms with Gasteiger partial charge in [0.1, 0.15) is 0 Å². The van der Waals surface area contributed by atoms with E-state index in [1.165, 1.54) is 44.9 Å². The monoisotopic (exact) mass is 346 g/mol. The first-order valence-electron chi connectivity index (χ1n) is 9.92. The number of rotatable bonds is 17. The number of carboxylic acid groups (broad SMARTS) is 1. The fourth-order valence-corrected chi connectivity index (χ4v) is 2.31. The third kappa shape index (κ3) is 29.4. The van der Waals surface area contributed by atoms with E-state index in [9.17, 15) is 4.79 Å². The molecule has 0 aliphatic carbocycles. The van der Waals surface area contributed by atoms with Crippen LogP contribution in [0.25, 0.3) is 0 Å². The molecule has 0 heterocycles. The van der Waals surface area contributed by atoms with Gasteiger partial charge in [0, 0.05) is 13.0 Å². The molecule has 0 aliphatic rings. The standard InChI is InChI=1S/C12H24O2.C7H18N2O/c1-2-3-4-5-6-7-8-9-10-11-12(13)14;8-4-1-2-5-9-6-3-7-10/h2-11H2,1H3,(H,13,14);9-10H,1-8H2. The topological polar surface area (TPSA) is 95.6 Å². The lowest BCUT2D eigenvalue weighted by Crippen LogP contribution is -2.18. The van der Waals surface area contributed by atoms with Crippen LogP contribution >= 0.6 is 0 Å². The zero-order valence-electron chi connectivity index (χ0n) is 15.9. The molecule has 0 aliphatic heterocycles. The average Bonchev–Trinajstić information content (AvgIpc) is 2.57. The van der Waals surface area contributed by atoms with Crippen LogP contribution in [0.15, 0.2) is 0 Å². The first kappa shape index (κ1) is 25.6. The third-order valence-corrected chi connectivity index (χ3v) is 3.81. The zero-order valence-corrected chi connectivity index (χ0v) is 15.9. The number of carboxylic acids is 1. The molecule has 0 unspecified atom stereocenters. The fourth-order valence-electron chi connectivity index (χ4n) is 2.31. The highest BCUT2D eigenvalue weighted by molar-refractivity contribution is 5.66. The Balaban J connectivity index is 0. The minimum absolute atomic E-state index is 0.282. The molecule has 0 spiro atoms. The van der Waals surface area contributed by atoms with Gasteiger partial charge in [0.15, 0.2) is 0 Å². The zero-order chi connectivity index (χ0) is 18.3. The minimum atomic E-state index is -0.659. The normalized spacial score (nSPS) is 10.3. The van der Waals surface area contributed by atoms with E-state index in [0.717, 1.165) is 51.7 Å². The number of carbonyl (C=O) groups is 1. The molecule has 5 heteroatoms. The molecule has 0 aromatic rings. The minimum Gasteiger partial charge on any atom is -0.481 e. The summed E-state index contributed by atoms with van der Waals surface area (Å²) in [6.07, 6.45) is 14.6. The van der Waals surface area contributed by atoms with Crippen LogP contribution in [0.5, 0.6) is 0 Å². The van der Waals surface area contributed by atoms with Crippen LogP contribution in [0.4, 0.5) is 0 Å². The van der Waals surface area contributed by atoms with Crippen molar-refractivity contribution in [3.63, 3.8) is 0 Å². The maximum Gasteiger partial charge on any atom is 0.303 e. The number of nitrogens with one attached hydrogen (secondary N) is 1. The van der Waals surface area contributed by atoms with Crippen molar-refractivity contribution in [2.75, 3.05) is 26.2 Å². The quantitative estimate of drug-likeness (QED) is 0.301. The Morgan fingerprint density at radius 1 is 0.833 bits per heavy atom. The van der Waals surface area contributed by atoms with Crippen LogP contribution in [-0.2, 0) is 4.79 Å². The molecule has 146 valence electrons. The molecule has 0 saturated heterocycles. The van der Waals surface area contributed by atoms with Crippen molar-refractivity contribution in [3.8, 4) is 0 Å². The summed E-state index contributed by atoms with van der Waals surface area (Å²) in [5.74, 6) is -0.659. The number of aliphatic carboxylic acids is 1. The average molecular weight is 347 g/mol. The van der Waals surface area contributed by atoms with Gasteiger partial charge in [-0.05, 0) is 45.3 Å². The van der Waals surface area contributed by atoms with E-state index in [-0.39, 0.29) is 6.61 Å². The lowest BCUT2D eigenvalue weighted by Gasteiger charge is -2.00. The van der Waals surface area contributed by atoms with Gasteiger partial charge in [0.2, 0.25) is 0 Å². The summed E-state index contributed by atoms with van der Waals surface area (Å²) in [4.78, 5) is 10.2. The molecule has 5 nitrogen and oxygen atoms in total. The summed E-state index contributed by atoms with van der Waals surface area (Å²) < 4.78 is 0. The highest BCUT2D eigenvalue weighted by Gasteiger charge is 1.96. The molecule has 24 heavy (non-hydrogen) atoms. The van der Waals surface area contributed by atoms with Gasteiger partial charge in [-0.25, -0.2) is 0 Å². The molecule has 0 bridgehead atoms. The predicted molar refractivity (Wildman–Crippen MR) is 102 cm³/mol. The van der Waals surface area contributed by atoms with Crippen LogP contribution in [0.3, 0.4) is 0 Å². The van der Waals surface area contributed by atoms with E-state index in [1.54, 1.807) is 0 Å². The van der Waals surface area contributed by atoms with E-state index < -0.39 is 5.97 Å². The summed E-state index contributed by atoms with van der Waals surface area (Å²) in [6, 6.07) is 0. The van der Waals surface area contributed by atoms with E-state index in [2.05, 4.69) is 12.2 Å². The number of unbranched alkanes of at least 4 members (excludes halogenated alkanes) is 9. The van der Waals surface area contributed by atoms with Gasteiger partial charge >= 0.3 is 5.97 Å². The first-order chi connectivity index (χ1) is 11.7. The van der Waals surface area contributed by atoms with Crippen LogP contribution in [0, 0.1) is 0 Å². The Hall–Kier alpha value is -0.650. The first-order valence-corrected chi connectivity index (χ1v) is 9.92. The number of hydrogen-bond acceptors (Lipinski definition) is 4. The number of aliphatic hydroxyl groups is 1. The highest BCUT2D eigenvalue weighted by atomic mass is 16.4. The lowest BCUT2D eigenvalue weighted by molar-refractivity contribution is -0.137. The van der Waals surface area contributed by atoms with Crippen molar-refractivity contribution in [1.29, 1.82) is 0 Å². The van der Waals surface area contributed by atoms with Crippen LogP contribution in [-0.4, -0.2) is 42.4 Å². The molecule has 5 N–H and O–H groups in total. The van der Waals surface area contributed by atoms with E-state index in [1.807, 2.05) is 0 Å². The smallest absolute Gasteiger partial charge is 0.303 e. The van der Waals surface area contributed by atoms with Crippen LogP contribution < -0.4 is 11.1 Å². The third-order valence-electron chi connectivity index (χ3n) is 3.81. The molecular weight excluding hydrogens is 304 g/mol. The summed E-state index contributed by atoms with van der Waals surface area (Å²) in [6.45, 7) is 5.23. The van der Waals surface area contributed by atoms with Gasteiger partial charge < -0.3 is 21.3 Å². The van der Waals surface area contributed by atoms with E-state index in [4.69, 9.17) is 15.9 Å². The van der Waals surface area contributed by atoms with Gasteiger partial charge in [0.25, 0.3) is 0 Å². The SMILES string of the molecule is CCCCCCCCCCCC(=O)O.NCCCCNCCCO. The van der Waals surface area contributed by atoms with Gasteiger partial charge in [-0.2, -0.15) is 0 Å². The molecule has 0 aromatic heterocycles. The van der Waals surface area contributed by atoms with Crippen molar-refractivity contribution >= 4 is 5.97 Å². The second-order valence-corrected chi connectivity index (χ2v) is 6.30. The van der Waals surface area contributed by atoms with Crippen molar-refractivity contribution in [1.82, 2.24) is 5.32 Å². The largest absolute Gasteiger partial charge is 0.481 e. The highest BCUT2D eigenvalue weighted by Crippen LogP contribution is 2.10. The van der Waals surface area contributed by atoms with E-state index >= 15 is 0 Å². The molecule has 0 amide bonds. The molecule has 0 fully saturated rings. The van der Waals surface area contributed by atoms with Gasteiger partial charge in [0.05, 0.1) is 0 Å². The van der Waals surface area contributed by atoms with Crippen molar-refractivity contribution in [3.05, 3.63) is 0 Å². The Morgan fingerprint density at radius 2 is 1.38 bits per heavy atom. The maximum absolute atomic E-state index is 10.2. The molecular formula is C19H42N2O3. The van der Waals surface area contributed by atoms with Crippen molar-refractivity contribution < 1.29 is 15.0 Å². The van der Waals surface area contributed by atoms with Crippen LogP contribution in [0.1, 0.15) is 90.4 Å². The molecule has 0 rings (SSSR count). The van der Waals surface area contributed by atoms with Crippen LogP contribution in [0.2, 0.25) is 0 Å². The van der Waals surface area contributed by atoms with E-state index in [0.29, 0.717) is 6.42 Å². The number of nitrogens with two attached hydrogens (primary N) is 1. The van der Waals surface area contributed by atoms with Crippen molar-refractivity contribution in [2.45, 2.75) is 90.4 Å². The Bertz CT molecular complexity index is 231. The number of aliphatic hydroxyl groups excluding tert-OH is 1. The Kier molecular flexibility index (Phi) is 26.2.